The standard InChI is InChI=1S/C18H20N4O5S2/c1-2-26-14(23)10-28-18-22-21-17(29-18)20-15(24)11-5-3-6-12(9-11)19-16(25)13-7-4-8-27-13/h3,5-6,9,13H,2,4,7-8,10H2,1H3,(H,19,25)(H,20,21,24)/t13-/m1/s1. The number of esters is 1. The number of thioether (sulfide) groups is 1. The Kier molecular flexibility index (Phi) is 7.55. The molecule has 2 heterocycles. The van der Waals surface area contributed by atoms with Crippen LogP contribution in [0.3, 0.4) is 0 Å². The van der Waals surface area contributed by atoms with Crippen LogP contribution in [0.5, 0.6) is 0 Å². The maximum Gasteiger partial charge on any atom is 0.316 e. The van der Waals surface area contributed by atoms with Crippen molar-refractivity contribution in [1.29, 1.82) is 0 Å². The number of rotatable bonds is 8. The summed E-state index contributed by atoms with van der Waals surface area (Å²) < 4.78 is 10.8. The number of ether oxygens (including phenoxy) is 2. The van der Waals surface area contributed by atoms with Crippen molar-refractivity contribution in [3.63, 3.8) is 0 Å². The number of hydrogen-bond donors (Lipinski definition) is 2. The number of benzene rings is 1. The van der Waals surface area contributed by atoms with Gasteiger partial charge in [-0.25, -0.2) is 0 Å². The van der Waals surface area contributed by atoms with Gasteiger partial charge in [0.15, 0.2) is 4.34 Å². The summed E-state index contributed by atoms with van der Waals surface area (Å²) >= 11 is 2.36. The number of nitrogens with one attached hydrogen (secondary N) is 2. The molecule has 0 unspecified atom stereocenters. The lowest BCUT2D eigenvalue weighted by Gasteiger charge is -2.11. The summed E-state index contributed by atoms with van der Waals surface area (Å²) in [5.74, 6) is -0.799. The molecule has 2 aromatic rings. The number of nitrogens with zero attached hydrogens (tertiary/aromatic N) is 2. The average Bonchev–Trinajstić information content (AvgIpc) is 3.39. The molecule has 154 valence electrons. The van der Waals surface area contributed by atoms with Crippen molar-refractivity contribution in [2.45, 2.75) is 30.2 Å². The van der Waals surface area contributed by atoms with E-state index in [4.69, 9.17) is 9.47 Å². The Morgan fingerprint density at radius 1 is 1.31 bits per heavy atom. The molecule has 0 saturated carbocycles. The summed E-state index contributed by atoms with van der Waals surface area (Å²) in [6.45, 7) is 2.65. The summed E-state index contributed by atoms with van der Waals surface area (Å²) in [5, 5.41) is 13.6. The first kappa shape index (κ1) is 21.2. The first-order chi connectivity index (χ1) is 14.0. The van der Waals surface area contributed by atoms with E-state index in [0.29, 0.717) is 40.4 Å². The minimum atomic E-state index is -0.445. The Bertz CT molecular complexity index is 883. The fraction of sp³-hybridized carbons (Fsp3) is 0.389. The lowest BCUT2D eigenvalue weighted by molar-refractivity contribution is -0.139. The van der Waals surface area contributed by atoms with Gasteiger partial charge in [-0.2, -0.15) is 0 Å². The number of carbonyl (C=O) groups is 3. The molecule has 11 heteroatoms. The molecule has 29 heavy (non-hydrogen) atoms. The number of anilines is 2. The second-order valence-corrected chi connectivity index (χ2v) is 8.19. The highest BCUT2D eigenvalue weighted by molar-refractivity contribution is 8.01. The Balaban J connectivity index is 1.55. The van der Waals surface area contributed by atoms with E-state index >= 15 is 0 Å². The molecule has 0 radical (unpaired) electrons. The molecule has 1 aliphatic rings. The Labute approximate surface area is 175 Å². The van der Waals surface area contributed by atoms with Crippen LogP contribution in [0.25, 0.3) is 0 Å². The summed E-state index contributed by atoms with van der Waals surface area (Å²) in [7, 11) is 0. The van der Waals surface area contributed by atoms with E-state index in [0.717, 1.165) is 17.8 Å². The van der Waals surface area contributed by atoms with E-state index in [9.17, 15) is 14.4 Å². The van der Waals surface area contributed by atoms with Gasteiger partial charge in [0.1, 0.15) is 6.10 Å². The molecule has 0 spiro atoms. The predicted molar refractivity (Wildman–Crippen MR) is 109 cm³/mol. The fourth-order valence-corrected chi connectivity index (χ4v) is 4.10. The molecule has 0 aliphatic carbocycles. The lowest BCUT2D eigenvalue weighted by Crippen LogP contribution is -2.27. The summed E-state index contributed by atoms with van der Waals surface area (Å²) in [4.78, 5) is 36.0. The Hall–Kier alpha value is -2.50. The quantitative estimate of drug-likeness (QED) is 0.368. The largest absolute Gasteiger partial charge is 0.465 e. The van der Waals surface area contributed by atoms with Crippen LogP contribution < -0.4 is 10.6 Å². The summed E-state index contributed by atoms with van der Waals surface area (Å²) in [6.07, 6.45) is 1.11. The first-order valence-corrected chi connectivity index (χ1v) is 10.8. The van der Waals surface area contributed by atoms with Gasteiger partial charge in [-0.1, -0.05) is 29.2 Å². The lowest BCUT2D eigenvalue weighted by atomic mass is 10.1. The molecule has 1 atom stereocenters. The second-order valence-electron chi connectivity index (χ2n) is 5.99. The average molecular weight is 437 g/mol. The van der Waals surface area contributed by atoms with Gasteiger partial charge in [-0.15, -0.1) is 10.2 Å². The molecule has 1 aromatic heterocycles. The van der Waals surface area contributed by atoms with E-state index in [1.165, 1.54) is 11.8 Å². The molecule has 1 fully saturated rings. The number of aromatic nitrogens is 2. The highest BCUT2D eigenvalue weighted by atomic mass is 32.2. The number of hydrogen-bond acceptors (Lipinski definition) is 9. The van der Waals surface area contributed by atoms with Gasteiger partial charge in [-0.05, 0) is 38.0 Å². The molecule has 3 rings (SSSR count). The molecule has 9 nitrogen and oxygen atoms in total. The second kappa shape index (κ2) is 10.3. The maximum absolute atomic E-state index is 12.5. The van der Waals surface area contributed by atoms with Crippen LogP contribution in [0.15, 0.2) is 28.6 Å². The predicted octanol–water partition coefficient (Wildman–Crippen LogP) is 2.56. The third-order valence-corrected chi connectivity index (χ3v) is 5.81. The van der Waals surface area contributed by atoms with Gasteiger partial charge in [0.2, 0.25) is 5.13 Å². The molecular formula is C18H20N4O5S2. The zero-order chi connectivity index (χ0) is 20.6. The zero-order valence-electron chi connectivity index (χ0n) is 15.7. The number of amides is 2. The van der Waals surface area contributed by atoms with E-state index < -0.39 is 6.10 Å². The molecular weight excluding hydrogens is 416 g/mol. The molecule has 1 aromatic carbocycles. The molecule has 2 N–H and O–H groups in total. The van der Waals surface area contributed by atoms with Crippen LogP contribution >= 0.6 is 23.1 Å². The summed E-state index contributed by atoms with van der Waals surface area (Å²) in [5.41, 5.74) is 0.882. The van der Waals surface area contributed by atoms with Crippen molar-refractivity contribution in [1.82, 2.24) is 10.2 Å². The normalized spacial score (nSPS) is 15.7. The highest BCUT2D eigenvalue weighted by Crippen LogP contribution is 2.26. The van der Waals surface area contributed by atoms with Crippen LogP contribution in [0, 0.1) is 0 Å². The van der Waals surface area contributed by atoms with Gasteiger partial charge in [0, 0.05) is 17.9 Å². The van der Waals surface area contributed by atoms with Crippen molar-refractivity contribution in [2.75, 3.05) is 29.6 Å². The monoisotopic (exact) mass is 436 g/mol. The number of carbonyl (C=O) groups excluding carboxylic acids is 3. The third-order valence-electron chi connectivity index (χ3n) is 3.86. The Morgan fingerprint density at radius 3 is 2.93 bits per heavy atom. The van der Waals surface area contributed by atoms with Crippen molar-refractivity contribution < 1.29 is 23.9 Å². The highest BCUT2D eigenvalue weighted by Gasteiger charge is 2.23. The van der Waals surface area contributed by atoms with Crippen LogP contribution in [-0.4, -0.2) is 53.1 Å². The Morgan fingerprint density at radius 2 is 2.17 bits per heavy atom. The first-order valence-electron chi connectivity index (χ1n) is 9.01. The SMILES string of the molecule is CCOC(=O)CSc1nnc(NC(=O)c2cccc(NC(=O)[C@H]3CCCO3)c2)s1. The van der Waals surface area contributed by atoms with Crippen molar-refractivity contribution >= 4 is 51.7 Å². The van der Waals surface area contributed by atoms with Crippen molar-refractivity contribution in [3.8, 4) is 0 Å². The van der Waals surface area contributed by atoms with Crippen LogP contribution in [0.2, 0.25) is 0 Å². The van der Waals surface area contributed by atoms with Gasteiger partial charge in [0.25, 0.3) is 11.8 Å². The molecule has 1 saturated heterocycles. The smallest absolute Gasteiger partial charge is 0.316 e. The fourth-order valence-electron chi connectivity index (χ4n) is 2.56. The van der Waals surface area contributed by atoms with E-state index in [1.54, 1.807) is 31.2 Å². The van der Waals surface area contributed by atoms with Crippen LogP contribution in [0.1, 0.15) is 30.1 Å². The van der Waals surface area contributed by atoms with Crippen molar-refractivity contribution in [2.24, 2.45) is 0 Å². The minimum Gasteiger partial charge on any atom is -0.465 e. The van der Waals surface area contributed by atoms with Gasteiger partial charge in [-0.3, -0.25) is 19.7 Å². The molecule has 0 bridgehead atoms. The van der Waals surface area contributed by atoms with Crippen LogP contribution in [0.4, 0.5) is 10.8 Å². The maximum atomic E-state index is 12.5. The topological polar surface area (TPSA) is 120 Å². The van der Waals surface area contributed by atoms with E-state index in [2.05, 4.69) is 20.8 Å². The van der Waals surface area contributed by atoms with Gasteiger partial charge >= 0.3 is 5.97 Å². The zero-order valence-corrected chi connectivity index (χ0v) is 17.3. The summed E-state index contributed by atoms with van der Waals surface area (Å²) in [6, 6.07) is 6.60. The van der Waals surface area contributed by atoms with Gasteiger partial charge < -0.3 is 14.8 Å². The van der Waals surface area contributed by atoms with E-state index in [1.807, 2.05) is 0 Å². The van der Waals surface area contributed by atoms with E-state index in [-0.39, 0.29) is 23.5 Å². The molecule has 2 amide bonds. The third kappa shape index (κ3) is 6.24. The molecule has 1 aliphatic heterocycles. The minimum absolute atomic E-state index is 0.128. The van der Waals surface area contributed by atoms with Gasteiger partial charge in [0.05, 0.1) is 12.4 Å². The van der Waals surface area contributed by atoms with Crippen molar-refractivity contribution in [3.05, 3.63) is 29.8 Å². The van der Waals surface area contributed by atoms with Crippen LogP contribution in [-0.2, 0) is 19.1 Å².